The van der Waals surface area contributed by atoms with Crippen LogP contribution in [-0.2, 0) is 9.53 Å². The minimum Gasteiger partial charge on any atom is -0.469 e. The maximum absolute atomic E-state index is 11.0. The van der Waals surface area contributed by atoms with E-state index in [1.54, 1.807) is 0 Å². The van der Waals surface area contributed by atoms with Gasteiger partial charge >= 0.3 is 5.97 Å². The summed E-state index contributed by atoms with van der Waals surface area (Å²) in [5, 5.41) is 2.29. The molecule has 0 aromatic heterocycles. The first-order valence-electron chi connectivity index (χ1n) is 4.71. The number of rotatable bonds is 2. The Morgan fingerprint density at radius 2 is 1.87 bits per heavy atom. The minimum absolute atomic E-state index is 0.328. The Morgan fingerprint density at radius 3 is 2.60 bits per heavy atom. The summed E-state index contributed by atoms with van der Waals surface area (Å²) >= 11 is 0. The maximum Gasteiger partial charge on any atom is 0.314 e. The van der Waals surface area contributed by atoms with Gasteiger partial charge in [0.05, 0.1) is 13.5 Å². The summed E-state index contributed by atoms with van der Waals surface area (Å²) in [5.74, 6) is -0.328. The summed E-state index contributed by atoms with van der Waals surface area (Å²) in [5.41, 5.74) is 0.862. The van der Waals surface area contributed by atoms with E-state index >= 15 is 0 Å². The van der Waals surface area contributed by atoms with Gasteiger partial charge in [0.15, 0.2) is 0 Å². The zero-order chi connectivity index (χ0) is 10.7. The second-order valence-electron chi connectivity index (χ2n) is 3.27. The lowest BCUT2D eigenvalue weighted by molar-refractivity contribution is -0.136. The van der Waals surface area contributed by atoms with Crippen LogP contribution in [-0.4, -0.2) is 13.1 Å². The number of ether oxygens (including phenoxy) is 1. The molecule has 2 aromatic rings. The van der Waals surface area contributed by atoms with Crippen molar-refractivity contribution in [2.45, 2.75) is 0 Å². The second kappa shape index (κ2) is 4.13. The van der Waals surface area contributed by atoms with Gasteiger partial charge in [-0.2, -0.15) is 0 Å². The fourth-order valence-electron chi connectivity index (χ4n) is 1.49. The molecule has 1 radical (unpaired) electrons. The highest BCUT2D eigenvalue weighted by Gasteiger charge is 2.03. The molecule has 0 saturated heterocycles. The van der Waals surface area contributed by atoms with E-state index in [4.69, 9.17) is 0 Å². The number of methoxy groups -OCH3 is 1. The fraction of sp³-hybridized carbons (Fsp3) is 0.0769. The van der Waals surface area contributed by atoms with Crippen molar-refractivity contribution in [1.82, 2.24) is 0 Å². The zero-order valence-corrected chi connectivity index (χ0v) is 8.44. The zero-order valence-electron chi connectivity index (χ0n) is 8.44. The first kappa shape index (κ1) is 9.71. The number of benzene rings is 2. The van der Waals surface area contributed by atoms with E-state index in [9.17, 15) is 4.79 Å². The summed E-state index contributed by atoms with van der Waals surface area (Å²) < 4.78 is 4.57. The summed E-state index contributed by atoms with van der Waals surface area (Å²) in [6, 6.07) is 13.9. The normalized spacial score (nSPS) is 10.2. The van der Waals surface area contributed by atoms with Crippen LogP contribution >= 0.6 is 0 Å². The first-order chi connectivity index (χ1) is 7.29. The van der Waals surface area contributed by atoms with Gasteiger partial charge in [0.1, 0.15) is 0 Å². The number of hydrogen-bond acceptors (Lipinski definition) is 2. The summed E-state index contributed by atoms with van der Waals surface area (Å²) in [6.07, 6.45) is 1.48. The van der Waals surface area contributed by atoms with Crippen LogP contribution in [0.1, 0.15) is 5.56 Å². The first-order valence-corrected chi connectivity index (χ1v) is 4.71. The van der Waals surface area contributed by atoms with E-state index in [-0.39, 0.29) is 5.97 Å². The van der Waals surface area contributed by atoms with Crippen LogP contribution < -0.4 is 0 Å². The molecule has 0 aliphatic heterocycles. The molecular weight excluding hydrogens is 188 g/mol. The Morgan fingerprint density at radius 1 is 1.13 bits per heavy atom. The lowest BCUT2D eigenvalue weighted by Crippen LogP contribution is -2.01. The van der Waals surface area contributed by atoms with Gasteiger partial charge in [-0.05, 0) is 16.3 Å². The summed E-state index contributed by atoms with van der Waals surface area (Å²) in [7, 11) is 1.37. The number of hydrogen-bond donors (Lipinski definition) is 0. The monoisotopic (exact) mass is 199 g/mol. The molecule has 2 nitrogen and oxygen atoms in total. The maximum atomic E-state index is 11.0. The van der Waals surface area contributed by atoms with E-state index in [0.29, 0.717) is 0 Å². The van der Waals surface area contributed by atoms with Gasteiger partial charge in [0.2, 0.25) is 0 Å². The van der Waals surface area contributed by atoms with Crippen LogP contribution in [0.3, 0.4) is 0 Å². The van der Waals surface area contributed by atoms with E-state index in [1.807, 2.05) is 42.5 Å². The highest BCUT2D eigenvalue weighted by Crippen LogP contribution is 2.16. The molecule has 0 saturated carbocycles. The number of carbonyl (C=O) groups excluding carboxylic acids is 1. The number of carbonyl (C=O) groups is 1. The van der Waals surface area contributed by atoms with Crippen molar-refractivity contribution in [3.63, 3.8) is 0 Å². The van der Waals surface area contributed by atoms with Gasteiger partial charge in [-0.15, -0.1) is 0 Å². The van der Waals surface area contributed by atoms with E-state index in [1.165, 1.54) is 18.9 Å². The molecule has 0 N–H and O–H groups in total. The Balaban J connectivity index is 2.34. The van der Waals surface area contributed by atoms with Crippen molar-refractivity contribution < 1.29 is 9.53 Å². The van der Waals surface area contributed by atoms with E-state index in [2.05, 4.69) is 4.74 Å². The summed E-state index contributed by atoms with van der Waals surface area (Å²) in [6.45, 7) is 0. The van der Waals surface area contributed by atoms with Gasteiger partial charge in [-0.3, -0.25) is 4.79 Å². The third kappa shape index (κ3) is 2.15. The average Bonchev–Trinajstić information content (AvgIpc) is 2.29. The molecule has 15 heavy (non-hydrogen) atoms. The Bertz CT molecular complexity index is 489. The molecule has 2 heteroatoms. The minimum atomic E-state index is -0.328. The Hall–Kier alpha value is -1.83. The molecule has 2 rings (SSSR count). The van der Waals surface area contributed by atoms with Crippen molar-refractivity contribution in [2.24, 2.45) is 0 Å². The van der Waals surface area contributed by atoms with E-state index in [0.717, 1.165) is 10.9 Å². The lowest BCUT2D eigenvalue weighted by Gasteiger charge is -2.01. The van der Waals surface area contributed by atoms with Gasteiger partial charge in [-0.25, -0.2) is 0 Å². The van der Waals surface area contributed by atoms with Crippen LogP contribution in [0.15, 0.2) is 42.5 Å². The third-order valence-electron chi connectivity index (χ3n) is 2.26. The van der Waals surface area contributed by atoms with Gasteiger partial charge < -0.3 is 4.74 Å². The predicted octanol–water partition coefficient (Wildman–Crippen LogP) is 2.57. The molecule has 0 unspecified atom stereocenters. The Labute approximate surface area is 88.5 Å². The third-order valence-corrected chi connectivity index (χ3v) is 2.26. The van der Waals surface area contributed by atoms with Crippen LogP contribution in [0, 0.1) is 6.42 Å². The van der Waals surface area contributed by atoms with Crippen LogP contribution in [0.2, 0.25) is 0 Å². The van der Waals surface area contributed by atoms with Crippen molar-refractivity contribution in [1.29, 1.82) is 0 Å². The molecule has 0 spiro atoms. The van der Waals surface area contributed by atoms with Gasteiger partial charge in [-0.1, -0.05) is 42.5 Å². The van der Waals surface area contributed by atoms with Crippen LogP contribution in [0.5, 0.6) is 0 Å². The standard InChI is InChI=1S/C13H11O2/c1-15-13(14)9-10-6-7-11-4-2-3-5-12(11)8-10/h2-9H,1H3. The molecule has 0 aliphatic rings. The molecule has 0 amide bonds. The molecule has 0 aliphatic carbocycles. The Kier molecular flexibility index (Phi) is 2.68. The topological polar surface area (TPSA) is 26.3 Å². The van der Waals surface area contributed by atoms with Crippen LogP contribution in [0.4, 0.5) is 0 Å². The van der Waals surface area contributed by atoms with Crippen molar-refractivity contribution in [3.8, 4) is 0 Å². The molecule has 75 valence electrons. The molecule has 2 aromatic carbocycles. The van der Waals surface area contributed by atoms with Crippen molar-refractivity contribution in [3.05, 3.63) is 54.4 Å². The van der Waals surface area contributed by atoms with Crippen molar-refractivity contribution in [2.75, 3.05) is 7.11 Å². The predicted molar refractivity (Wildman–Crippen MR) is 59.4 cm³/mol. The molecular formula is C13H11O2. The number of esters is 1. The average molecular weight is 199 g/mol. The molecule has 0 fully saturated rings. The molecule has 0 atom stereocenters. The molecule has 0 bridgehead atoms. The fourth-order valence-corrected chi connectivity index (χ4v) is 1.49. The quantitative estimate of drug-likeness (QED) is 0.695. The SMILES string of the molecule is COC(=O)[CH]c1ccc2ccccc2c1. The number of fused-ring (bicyclic) bond motifs is 1. The van der Waals surface area contributed by atoms with Gasteiger partial charge in [0.25, 0.3) is 0 Å². The summed E-state index contributed by atoms with van der Waals surface area (Å²) in [4.78, 5) is 11.0. The van der Waals surface area contributed by atoms with Crippen molar-refractivity contribution >= 4 is 16.7 Å². The largest absolute Gasteiger partial charge is 0.469 e. The highest BCUT2D eigenvalue weighted by atomic mass is 16.5. The molecule has 0 heterocycles. The van der Waals surface area contributed by atoms with Gasteiger partial charge in [0, 0.05) is 0 Å². The highest BCUT2D eigenvalue weighted by molar-refractivity contribution is 5.88. The second-order valence-corrected chi connectivity index (χ2v) is 3.27. The van der Waals surface area contributed by atoms with Crippen LogP contribution in [0.25, 0.3) is 10.8 Å². The smallest absolute Gasteiger partial charge is 0.314 e. The van der Waals surface area contributed by atoms with E-state index < -0.39 is 0 Å². The lowest BCUT2D eigenvalue weighted by atomic mass is 10.1.